The standard InChI is InChI=1S/C12H13ClO2/c1-8(2)11(7-12(14)15)9-3-5-10(13)6-4-9/h3-8H,1-2H3,(H,14,15). The summed E-state index contributed by atoms with van der Waals surface area (Å²) < 4.78 is 0. The zero-order valence-corrected chi connectivity index (χ0v) is 9.45. The first-order chi connectivity index (χ1) is 7.00. The minimum atomic E-state index is -0.923. The minimum absolute atomic E-state index is 0.169. The third-order valence-corrected chi connectivity index (χ3v) is 2.33. The predicted molar refractivity (Wildman–Crippen MR) is 61.9 cm³/mol. The Labute approximate surface area is 94.2 Å². The van der Waals surface area contributed by atoms with Crippen LogP contribution in [0.5, 0.6) is 0 Å². The Balaban J connectivity index is 3.10. The molecular formula is C12H13ClO2. The van der Waals surface area contributed by atoms with Gasteiger partial charge in [0.15, 0.2) is 0 Å². The van der Waals surface area contributed by atoms with Crippen LogP contribution in [0.3, 0.4) is 0 Å². The Kier molecular flexibility index (Phi) is 3.92. The molecule has 3 heteroatoms. The number of aliphatic carboxylic acids is 1. The number of hydrogen-bond donors (Lipinski definition) is 1. The maximum atomic E-state index is 10.7. The molecule has 0 aromatic heterocycles. The van der Waals surface area contributed by atoms with E-state index in [0.29, 0.717) is 5.02 Å². The van der Waals surface area contributed by atoms with E-state index in [1.165, 1.54) is 6.08 Å². The minimum Gasteiger partial charge on any atom is -0.478 e. The first kappa shape index (κ1) is 11.8. The lowest BCUT2D eigenvalue weighted by Crippen LogP contribution is -1.98. The molecule has 0 spiro atoms. The number of carboxylic acid groups (broad SMARTS) is 1. The van der Waals surface area contributed by atoms with Gasteiger partial charge in [0.2, 0.25) is 0 Å². The lowest BCUT2D eigenvalue weighted by Gasteiger charge is -2.10. The van der Waals surface area contributed by atoms with E-state index in [0.717, 1.165) is 11.1 Å². The molecule has 1 N–H and O–H groups in total. The van der Waals surface area contributed by atoms with Gasteiger partial charge in [-0.3, -0.25) is 0 Å². The predicted octanol–water partition coefficient (Wildman–Crippen LogP) is 3.46. The van der Waals surface area contributed by atoms with Crippen molar-refractivity contribution >= 4 is 23.1 Å². The molecule has 0 saturated heterocycles. The molecule has 0 heterocycles. The summed E-state index contributed by atoms with van der Waals surface area (Å²) in [4.78, 5) is 10.7. The molecule has 0 saturated carbocycles. The van der Waals surface area contributed by atoms with Gasteiger partial charge in [0.05, 0.1) is 0 Å². The molecule has 0 aliphatic carbocycles. The van der Waals surface area contributed by atoms with Crippen LogP contribution in [0.2, 0.25) is 5.02 Å². The largest absolute Gasteiger partial charge is 0.478 e. The number of carboxylic acids is 1. The molecule has 0 unspecified atom stereocenters. The highest BCUT2D eigenvalue weighted by molar-refractivity contribution is 6.30. The summed E-state index contributed by atoms with van der Waals surface area (Å²) in [6, 6.07) is 7.18. The van der Waals surface area contributed by atoms with Gasteiger partial charge in [-0.2, -0.15) is 0 Å². The highest BCUT2D eigenvalue weighted by atomic mass is 35.5. The van der Waals surface area contributed by atoms with E-state index < -0.39 is 5.97 Å². The summed E-state index contributed by atoms with van der Waals surface area (Å²) >= 11 is 5.77. The van der Waals surface area contributed by atoms with Crippen molar-refractivity contribution in [1.82, 2.24) is 0 Å². The van der Waals surface area contributed by atoms with Gasteiger partial charge in [0, 0.05) is 11.1 Å². The topological polar surface area (TPSA) is 37.3 Å². The van der Waals surface area contributed by atoms with Crippen molar-refractivity contribution in [1.29, 1.82) is 0 Å². The Hall–Kier alpha value is -1.28. The lowest BCUT2D eigenvalue weighted by atomic mass is 9.95. The molecule has 0 amide bonds. The molecule has 2 nitrogen and oxygen atoms in total. The Morgan fingerprint density at radius 3 is 2.27 bits per heavy atom. The first-order valence-electron chi connectivity index (χ1n) is 4.71. The third kappa shape index (κ3) is 3.40. The monoisotopic (exact) mass is 224 g/mol. The number of halogens is 1. The van der Waals surface area contributed by atoms with Crippen molar-refractivity contribution in [3.8, 4) is 0 Å². The second kappa shape index (κ2) is 4.99. The number of hydrogen-bond acceptors (Lipinski definition) is 1. The van der Waals surface area contributed by atoms with Gasteiger partial charge in [-0.1, -0.05) is 37.6 Å². The van der Waals surface area contributed by atoms with Gasteiger partial charge in [-0.15, -0.1) is 0 Å². The second-order valence-electron chi connectivity index (χ2n) is 3.60. The van der Waals surface area contributed by atoms with Crippen LogP contribution in [0.1, 0.15) is 19.4 Å². The molecule has 0 radical (unpaired) electrons. The fourth-order valence-electron chi connectivity index (χ4n) is 1.36. The molecule has 1 rings (SSSR count). The van der Waals surface area contributed by atoms with Crippen LogP contribution >= 0.6 is 11.6 Å². The molecule has 0 aliphatic heterocycles. The normalized spacial score (nSPS) is 11.9. The summed E-state index contributed by atoms with van der Waals surface area (Å²) in [5.41, 5.74) is 1.70. The van der Waals surface area contributed by atoms with Crippen LogP contribution in [0.4, 0.5) is 0 Å². The molecule has 0 atom stereocenters. The van der Waals surface area contributed by atoms with Crippen molar-refractivity contribution < 1.29 is 9.90 Å². The zero-order valence-electron chi connectivity index (χ0n) is 8.70. The summed E-state index contributed by atoms with van der Waals surface area (Å²) in [5.74, 6) is -0.754. The average molecular weight is 225 g/mol. The van der Waals surface area contributed by atoms with E-state index in [2.05, 4.69) is 0 Å². The highest BCUT2D eigenvalue weighted by Crippen LogP contribution is 2.24. The molecular weight excluding hydrogens is 212 g/mol. The fraction of sp³-hybridized carbons (Fsp3) is 0.250. The van der Waals surface area contributed by atoms with E-state index in [4.69, 9.17) is 16.7 Å². The number of allylic oxidation sites excluding steroid dienone is 1. The molecule has 15 heavy (non-hydrogen) atoms. The number of benzene rings is 1. The first-order valence-corrected chi connectivity index (χ1v) is 5.09. The van der Waals surface area contributed by atoms with Crippen molar-refractivity contribution in [2.24, 2.45) is 5.92 Å². The third-order valence-electron chi connectivity index (χ3n) is 2.08. The Morgan fingerprint density at radius 1 is 1.33 bits per heavy atom. The van der Waals surface area contributed by atoms with E-state index in [-0.39, 0.29) is 5.92 Å². The van der Waals surface area contributed by atoms with Gasteiger partial charge < -0.3 is 5.11 Å². The van der Waals surface area contributed by atoms with E-state index in [9.17, 15) is 4.79 Å². The van der Waals surface area contributed by atoms with Gasteiger partial charge in [-0.05, 0) is 29.2 Å². The second-order valence-corrected chi connectivity index (χ2v) is 4.04. The van der Waals surface area contributed by atoms with Crippen LogP contribution in [0, 0.1) is 5.92 Å². The van der Waals surface area contributed by atoms with Crippen LogP contribution < -0.4 is 0 Å². The molecule has 80 valence electrons. The maximum absolute atomic E-state index is 10.7. The van der Waals surface area contributed by atoms with Crippen LogP contribution in [-0.2, 0) is 4.79 Å². The van der Waals surface area contributed by atoms with E-state index >= 15 is 0 Å². The summed E-state index contributed by atoms with van der Waals surface area (Å²) in [7, 11) is 0. The summed E-state index contributed by atoms with van der Waals surface area (Å²) in [6.07, 6.45) is 1.24. The molecule has 1 aromatic rings. The van der Waals surface area contributed by atoms with Gasteiger partial charge >= 0.3 is 5.97 Å². The van der Waals surface area contributed by atoms with Crippen molar-refractivity contribution in [3.63, 3.8) is 0 Å². The van der Waals surface area contributed by atoms with Crippen molar-refractivity contribution in [3.05, 3.63) is 40.9 Å². The van der Waals surface area contributed by atoms with Crippen LogP contribution in [-0.4, -0.2) is 11.1 Å². The number of rotatable bonds is 3. The quantitative estimate of drug-likeness (QED) is 0.799. The average Bonchev–Trinajstić information content (AvgIpc) is 2.15. The molecule has 0 bridgehead atoms. The van der Waals surface area contributed by atoms with Gasteiger partial charge in [0.1, 0.15) is 0 Å². The number of carbonyl (C=O) groups is 1. The van der Waals surface area contributed by atoms with E-state index in [1.54, 1.807) is 12.1 Å². The zero-order chi connectivity index (χ0) is 11.4. The molecule has 0 fully saturated rings. The van der Waals surface area contributed by atoms with Crippen LogP contribution in [0.15, 0.2) is 30.3 Å². The van der Waals surface area contributed by atoms with Crippen molar-refractivity contribution in [2.45, 2.75) is 13.8 Å². The fourth-order valence-corrected chi connectivity index (χ4v) is 1.48. The lowest BCUT2D eigenvalue weighted by molar-refractivity contribution is -0.131. The molecule has 0 aliphatic rings. The Bertz CT molecular complexity index is 377. The SMILES string of the molecule is CC(C)C(=CC(=O)O)c1ccc(Cl)cc1. The maximum Gasteiger partial charge on any atom is 0.328 e. The highest BCUT2D eigenvalue weighted by Gasteiger charge is 2.08. The van der Waals surface area contributed by atoms with Crippen LogP contribution in [0.25, 0.3) is 5.57 Å². The van der Waals surface area contributed by atoms with E-state index in [1.807, 2.05) is 26.0 Å². The van der Waals surface area contributed by atoms with Gasteiger partial charge in [0.25, 0.3) is 0 Å². The Morgan fingerprint density at radius 2 is 1.87 bits per heavy atom. The van der Waals surface area contributed by atoms with Gasteiger partial charge in [-0.25, -0.2) is 4.79 Å². The summed E-state index contributed by atoms with van der Waals surface area (Å²) in [5, 5.41) is 9.40. The van der Waals surface area contributed by atoms with Crippen molar-refractivity contribution in [2.75, 3.05) is 0 Å². The summed E-state index contributed by atoms with van der Waals surface area (Å²) in [6.45, 7) is 3.92. The molecule has 1 aromatic carbocycles. The smallest absolute Gasteiger partial charge is 0.328 e.